The quantitative estimate of drug-likeness (QED) is 0.519. The van der Waals surface area contributed by atoms with Gasteiger partial charge in [0.25, 0.3) is 0 Å². The Morgan fingerprint density at radius 2 is 1.48 bits per heavy atom. The zero-order chi connectivity index (χ0) is 22.1. The molecule has 2 N–H and O–H groups in total. The summed E-state index contributed by atoms with van der Waals surface area (Å²) in [4.78, 5) is 24.6. The SMILES string of the molecule is COc1ccc(C(NC(=O)CSCC(=O)Nc2ccc(F)cc2)c2ccccc2)cc1. The summed E-state index contributed by atoms with van der Waals surface area (Å²) in [6.07, 6.45) is 0. The van der Waals surface area contributed by atoms with Crippen molar-refractivity contribution in [3.63, 3.8) is 0 Å². The van der Waals surface area contributed by atoms with Gasteiger partial charge >= 0.3 is 0 Å². The van der Waals surface area contributed by atoms with Crippen LogP contribution in [0.2, 0.25) is 0 Å². The standard InChI is InChI=1S/C24H23FN2O3S/c1-30-21-13-7-18(8-14-21)24(17-5-3-2-4-6-17)27-23(29)16-31-15-22(28)26-20-11-9-19(25)10-12-20/h2-14,24H,15-16H2,1H3,(H,26,28)(H,27,29). The summed E-state index contributed by atoms with van der Waals surface area (Å²) in [5.41, 5.74) is 2.40. The average molecular weight is 439 g/mol. The van der Waals surface area contributed by atoms with E-state index in [2.05, 4.69) is 10.6 Å². The zero-order valence-corrected chi connectivity index (χ0v) is 17.8. The van der Waals surface area contributed by atoms with Crippen LogP contribution < -0.4 is 15.4 Å². The average Bonchev–Trinajstić information content (AvgIpc) is 2.80. The first-order valence-electron chi connectivity index (χ1n) is 9.66. The number of anilines is 1. The number of halogens is 1. The predicted octanol–water partition coefficient (Wildman–Crippen LogP) is 4.41. The highest BCUT2D eigenvalue weighted by molar-refractivity contribution is 8.00. The Morgan fingerprint density at radius 3 is 2.13 bits per heavy atom. The van der Waals surface area contributed by atoms with Gasteiger partial charge in [-0.2, -0.15) is 0 Å². The first-order chi connectivity index (χ1) is 15.0. The highest BCUT2D eigenvalue weighted by Gasteiger charge is 2.17. The first-order valence-corrected chi connectivity index (χ1v) is 10.8. The normalized spacial score (nSPS) is 11.4. The van der Waals surface area contributed by atoms with Crippen LogP contribution in [0.15, 0.2) is 78.9 Å². The number of hydrogen-bond acceptors (Lipinski definition) is 4. The van der Waals surface area contributed by atoms with Crippen molar-refractivity contribution >= 4 is 29.3 Å². The molecule has 1 atom stereocenters. The van der Waals surface area contributed by atoms with E-state index in [4.69, 9.17) is 4.74 Å². The molecule has 2 amide bonds. The lowest BCUT2D eigenvalue weighted by Gasteiger charge is -2.20. The predicted molar refractivity (Wildman–Crippen MR) is 122 cm³/mol. The van der Waals surface area contributed by atoms with Crippen LogP contribution in [0.1, 0.15) is 17.2 Å². The summed E-state index contributed by atoms with van der Waals surface area (Å²) in [5.74, 6) is 0.196. The lowest BCUT2D eigenvalue weighted by molar-refractivity contribution is -0.119. The summed E-state index contributed by atoms with van der Waals surface area (Å²) in [5, 5.41) is 5.72. The van der Waals surface area contributed by atoms with Crippen LogP contribution in [-0.4, -0.2) is 30.4 Å². The van der Waals surface area contributed by atoms with Crippen molar-refractivity contribution in [1.82, 2.24) is 5.32 Å². The molecule has 5 nitrogen and oxygen atoms in total. The Balaban J connectivity index is 1.56. The highest BCUT2D eigenvalue weighted by atomic mass is 32.2. The minimum absolute atomic E-state index is 0.114. The van der Waals surface area contributed by atoms with E-state index < -0.39 is 0 Å². The minimum atomic E-state index is -0.367. The summed E-state index contributed by atoms with van der Waals surface area (Å²) in [6, 6.07) is 22.4. The van der Waals surface area contributed by atoms with Gasteiger partial charge in [-0.1, -0.05) is 42.5 Å². The van der Waals surface area contributed by atoms with Gasteiger partial charge in [0.15, 0.2) is 0 Å². The lowest BCUT2D eigenvalue weighted by atomic mass is 9.98. The van der Waals surface area contributed by atoms with Crippen molar-refractivity contribution in [2.45, 2.75) is 6.04 Å². The molecule has 0 aromatic heterocycles. The molecule has 0 saturated carbocycles. The van der Waals surface area contributed by atoms with Crippen LogP contribution in [0.5, 0.6) is 5.75 Å². The fourth-order valence-electron chi connectivity index (χ4n) is 2.97. The molecule has 160 valence electrons. The van der Waals surface area contributed by atoms with Crippen molar-refractivity contribution < 1.29 is 18.7 Å². The largest absolute Gasteiger partial charge is 0.497 e. The number of amides is 2. The van der Waals surface area contributed by atoms with Crippen LogP contribution in [0.4, 0.5) is 10.1 Å². The van der Waals surface area contributed by atoms with Crippen molar-refractivity contribution in [3.8, 4) is 5.75 Å². The first kappa shape index (κ1) is 22.4. The zero-order valence-electron chi connectivity index (χ0n) is 17.0. The van der Waals surface area contributed by atoms with Crippen molar-refractivity contribution in [2.24, 2.45) is 0 Å². The molecular formula is C24H23FN2O3S. The van der Waals surface area contributed by atoms with Crippen molar-refractivity contribution in [1.29, 1.82) is 0 Å². The molecule has 0 heterocycles. The smallest absolute Gasteiger partial charge is 0.234 e. The Bertz CT molecular complexity index is 996. The second-order valence-electron chi connectivity index (χ2n) is 6.73. The van der Waals surface area contributed by atoms with Gasteiger partial charge in [0.2, 0.25) is 11.8 Å². The van der Waals surface area contributed by atoms with E-state index in [1.54, 1.807) is 7.11 Å². The third-order valence-corrected chi connectivity index (χ3v) is 5.41. The second kappa shape index (κ2) is 11.2. The summed E-state index contributed by atoms with van der Waals surface area (Å²) in [7, 11) is 1.61. The highest BCUT2D eigenvalue weighted by Crippen LogP contribution is 2.24. The molecule has 0 bridgehead atoms. The number of thioether (sulfide) groups is 1. The van der Waals surface area contributed by atoms with Gasteiger partial charge in [-0.3, -0.25) is 9.59 Å². The number of carbonyl (C=O) groups is 2. The van der Waals surface area contributed by atoms with Gasteiger partial charge in [-0.25, -0.2) is 4.39 Å². The Hall–Kier alpha value is -3.32. The van der Waals surface area contributed by atoms with Gasteiger partial charge < -0.3 is 15.4 Å². The van der Waals surface area contributed by atoms with Crippen molar-refractivity contribution in [3.05, 3.63) is 95.8 Å². The van der Waals surface area contributed by atoms with E-state index in [9.17, 15) is 14.0 Å². The molecule has 7 heteroatoms. The van der Waals surface area contributed by atoms with Crippen LogP contribution in [0, 0.1) is 5.82 Å². The Labute approximate surface area is 185 Å². The fraction of sp³-hybridized carbons (Fsp3) is 0.167. The molecule has 0 saturated heterocycles. The topological polar surface area (TPSA) is 67.4 Å². The number of carbonyl (C=O) groups excluding carboxylic acids is 2. The maximum atomic E-state index is 12.9. The molecule has 3 aromatic carbocycles. The van der Waals surface area contributed by atoms with Crippen LogP contribution >= 0.6 is 11.8 Å². The monoisotopic (exact) mass is 438 g/mol. The van der Waals surface area contributed by atoms with Gasteiger partial charge in [0.1, 0.15) is 11.6 Å². The number of nitrogens with one attached hydrogen (secondary N) is 2. The van der Waals surface area contributed by atoms with Crippen LogP contribution in [0.3, 0.4) is 0 Å². The van der Waals surface area contributed by atoms with E-state index in [0.29, 0.717) is 5.69 Å². The number of ether oxygens (including phenoxy) is 1. The number of hydrogen-bond donors (Lipinski definition) is 2. The van der Waals surface area contributed by atoms with E-state index in [-0.39, 0.29) is 35.2 Å². The molecule has 0 aliphatic heterocycles. The third-order valence-electron chi connectivity index (χ3n) is 4.48. The number of methoxy groups -OCH3 is 1. The Kier molecular flexibility index (Phi) is 8.06. The van der Waals surface area contributed by atoms with E-state index in [0.717, 1.165) is 16.9 Å². The molecule has 0 spiro atoms. The molecule has 0 radical (unpaired) electrons. The van der Waals surface area contributed by atoms with E-state index in [1.165, 1.54) is 36.0 Å². The summed E-state index contributed by atoms with van der Waals surface area (Å²) < 4.78 is 18.1. The molecule has 3 aromatic rings. The maximum Gasteiger partial charge on any atom is 0.234 e. The molecule has 0 fully saturated rings. The van der Waals surface area contributed by atoms with Crippen LogP contribution in [0.25, 0.3) is 0 Å². The minimum Gasteiger partial charge on any atom is -0.497 e. The fourth-order valence-corrected chi connectivity index (χ4v) is 3.60. The maximum absolute atomic E-state index is 12.9. The van der Waals surface area contributed by atoms with E-state index >= 15 is 0 Å². The molecule has 31 heavy (non-hydrogen) atoms. The van der Waals surface area contributed by atoms with Crippen molar-refractivity contribution in [2.75, 3.05) is 23.9 Å². The summed E-state index contributed by atoms with van der Waals surface area (Å²) >= 11 is 1.21. The Morgan fingerprint density at radius 1 is 0.871 bits per heavy atom. The third kappa shape index (κ3) is 6.86. The van der Waals surface area contributed by atoms with Gasteiger partial charge in [0.05, 0.1) is 24.7 Å². The number of benzene rings is 3. The van der Waals surface area contributed by atoms with E-state index in [1.807, 2.05) is 54.6 Å². The molecular weight excluding hydrogens is 415 g/mol. The molecule has 0 aliphatic rings. The number of rotatable bonds is 9. The molecule has 3 rings (SSSR count). The van der Waals surface area contributed by atoms with Gasteiger partial charge in [0, 0.05) is 5.69 Å². The summed E-state index contributed by atoms with van der Waals surface area (Å²) in [6.45, 7) is 0. The van der Waals surface area contributed by atoms with Crippen LogP contribution in [-0.2, 0) is 9.59 Å². The molecule has 0 aliphatic carbocycles. The second-order valence-corrected chi connectivity index (χ2v) is 7.72. The van der Waals surface area contributed by atoms with Gasteiger partial charge in [-0.05, 0) is 47.5 Å². The van der Waals surface area contributed by atoms with Gasteiger partial charge in [-0.15, -0.1) is 11.8 Å². The molecule has 1 unspecified atom stereocenters. The lowest BCUT2D eigenvalue weighted by Crippen LogP contribution is -2.31.